The molecule has 0 radical (unpaired) electrons. The van der Waals surface area contributed by atoms with Gasteiger partial charge in [0.15, 0.2) is 0 Å². The Morgan fingerprint density at radius 1 is 1.38 bits per heavy atom. The number of halogens is 1. The highest BCUT2D eigenvalue weighted by Gasteiger charge is 2.10. The molecule has 1 heterocycles. The smallest absolute Gasteiger partial charge is 0.205 e. The number of benzene rings is 1. The summed E-state index contributed by atoms with van der Waals surface area (Å²) in [5.41, 5.74) is 2.73. The van der Waals surface area contributed by atoms with Gasteiger partial charge >= 0.3 is 0 Å². The van der Waals surface area contributed by atoms with Crippen LogP contribution in [0.5, 0.6) is 0 Å². The summed E-state index contributed by atoms with van der Waals surface area (Å²) in [6.45, 7) is 2.07. The summed E-state index contributed by atoms with van der Waals surface area (Å²) in [6.07, 6.45) is 0.908. The molecule has 0 bridgehead atoms. The first kappa shape index (κ1) is 11.0. The number of nitrogens with one attached hydrogen (secondary N) is 1. The standard InChI is InChI=1S/C11H12FN3S/c1-2-10(14-11-15-13-7-16-11)8-3-5-9(12)6-4-8/h3-7,10H,2H2,1H3,(H,14,15). The Labute approximate surface area is 97.3 Å². The van der Waals surface area contributed by atoms with Gasteiger partial charge in [-0.3, -0.25) is 0 Å². The molecule has 0 fully saturated rings. The molecule has 1 aromatic heterocycles. The second-order valence-electron chi connectivity index (χ2n) is 3.40. The van der Waals surface area contributed by atoms with E-state index in [9.17, 15) is 4.39 Å². The monoisotopic (exact) mass is 237 g/mol. The minimum Gasteiger partial charge on any atom is -0.353 e. The minimum absolute atomic E-state index is 0.147. The number of anilines is 1. The van der Waals surface area contributed by atoms with E-state index in [1.807, 2.05) is 0 Å². The average molecular weight is 237 g/mol. The molecule has 5 heteroatoms. The highest BCUT2D eigenvalue weighted by atomic mass is 32.1. The van der Waals surface area contributed by atoms with Crippen LogP contribution in [0.3, 0.4) is 0 Å². The quantitative estimate of drug-likeness (QED) is 0.887. The fraction of sp³-hybridized carbons (Fsp3) is 0.273. The minimum atomic E-state index is -0.213. The molecule has 2 aromatic rings. The predicted octanol–water partition coefficient (Wildman–Crippen LogP) is 3.24. The largest absolute Gasteiger partial charge is 0.353 e. The first-order chi connectivity index (χ1) is 7.79. The molecule has 0 aliphatic rings. The van der Waals surface area contributed by atoms with Gasteiger partial charge in [-0.2, -0.15) is 0 Å². The summed E-state index contributed by atoms with van der Waals surface area (Å²) in [5.74, 6) is -0.213. The molecule has 1 atom stereocenters. The van der Waals surface area contributed by atoms with Crippen LogP contribution in [0.1, 0.15) is 24.9 Å². The van der Waals surface area contributed by atoms with Gasteiger partial charge in [0.1, 0.15) is 11.3 Å². The maximum atomic E-state index is 12.8. The molecule has 1 N–H and O–H groups in total. The third-order valence-electron chi connectivity index (χ3n) is 2.34. The normalized spacial score (nSPS) is 12.4. The molecule has 0 saturated carbocycles. The summed E-state index contributed by atoms with van der Waals surface area (Å²) in [7, 11) is 0. The lowest BCUT2D eigenvalue weighted by molar-refractivity contribution is 0.625. The first-order valence-electron chi connectivity index (χ1n) is 5.07. The van der Waals surface area contributed by atoms with Crippen molar-refractivity contribution in [2.24, 2.45) is 0 Å². The Hall–Kier alpha value is -1.49. The van der Waals surface area contributed by atoms with Crippen molar-refractivity contribution in [3.8, 4) is 0 Å². The van der Waals surface area contributed by atoms with E-state index in [-0.39, 0.29) is 11.9 Å². The summed E-state index contributed by atoms with van der Waals surface area (Å²) in [4.78, 5) is 0. The summed E-state index contributed by atoms with van der Waals surface area (Å²) < 4.78 is 12.8. The van der Waals surface area contributed by atoms with Crippen LogP contribution < -0.4 is 5.32 Å². The van der Waals surface area contributed by atoms with Gasteiger partial charge in [0.2, 0.25) is 5.13 Å². The zero-order valence-corrected chi connectivity index (χ0v) is 9.67. The molecule has 84 valence electrons. The molecule has 0 saturated heterocycles. The SMILES string of the molecule is CCC(Nc1nncs1)c1ccc(F)cc1. The molecule has 2 rings (SSSR count). The molecule has 1 unspecified atom stereocenters. The van der Waals surface area contributed by atoms with E-state index >= 15 is 0 Å². The zero-order valence-electron chi connectivity index (χ0n) is 8.85. The first-order valence-corrected chi connectivity index (χ1v) is 5.95. The van der Waals surface area contributed by atoms with Gasteiger partial charge in [0, 0.05) is 0 Å². The fourth-order valence-corrected chi connectivity index (χ4v) is 2.00. The van der Waals surface area contributed by atoms with Crippen LogP contribution in [0.25, 0.3) is 0 Å². The highest BCUT2D eigenvalue weighted by Crippen LogP contribution is 2.23. The number of rotatable bonds is 4. The third kappa shape index (κ3) is 2.55. The third-order valence-corrected chi connectivity index (χ3v) is 2.96. The molecule has 0 aliphatic heterocycles. The van der Waals surface area contributed by atoms with Gasteiger partial charge in [0.05, 0.1) is 6.04 Å². The molecule has 0 spiro atoms. The molecule has 0 amide bonds. The Morgan fingerprint density at radius 2 is 2.12 bits per heavy atom. The van der Waals surface area contributed by atoms with E-state index in [0.717, 1.165) is 17.1 Å². The van der Waals surface area contributed by atoms with Gasteiger partial charge < -0.3 is 5.32 Å². The number of nitrogens with zero attached hydrogens (tertiary/aromatic N) is 2. The number of aromatic nitrogens is 2. The van der Waals surface area contributed by atoms with Crippen molar-refractivity contribution in [3.63, 3.8) is 0 Å². The number of hydrogen-bond acceptors (Lipinski definition) is 4. The fourth-order valence-electron chi connectivity index (χ4n) is 1.50. The summed E-state index contributed by atoms with van der Waals surface area (Å²) >= 11 is 1.46. The van der Waals surface area contributed by atoms with Gasteiger partial charge in [-0.05, 0) is 24.1 Å². The van der Waals surface area contributed by atoms with Crippen LogP contribution in [0, 0.1) is 5.82 Å². The van der Waals surface area contributed by atoms with Gasteiger partial charge in [-0.25, -0.2) is 4.39 Å². The maximum Gasteiger partial charge on any atom is 0.205 e. The maximum absolute atomic E-state index is 12.8. The van der Waals surface area contributed by atoms with Crippen LogP contribution in [0.2, 0.25) is 0 Å². The zero-order chi connectivity index (χ0) is 11.4. The van der Waals surface area contributed by atoms with Crippen molar-refractivity contribution in [2.75, 3.05) is 5.32 Å². The van der Waals surface area contributed by atoms with E-state index in [0.29, 0.717) is 0 Å². The lowest BCUT2D eigenvalue weighted by atomic mass is 10.1. The van der Waals surface area contributed by atoms with Crippen molar-refractivity contribution in [2.45, 2.75) is 19.4 Å². The van der Waals surface area contributed by atoms with E-state index in [4.69, 9.17) is 0 Å². The average Bonchev–Trinajstić information content (AvgIpc) is 2.80. The Bertz CT molecular complexity index is 427. The highest BCUT2D eigenvalue weighted by molar-refractivity contribution is 7.13. The second-order valence-corrected chi connectivity index (χ2v) is 4.23. The van der Waals surface area contributed by atoms with E-state index in [2.05, 4.69) is 22.4 Å². The number of hydrogen-bond donors (Lipinski definition) is 1. The lowest BCUT2D eigenvalue weighted by Gasteiger charge is -2.16. The summed E-state index contributed by atoms with van der Waals surface area (Å²) in [5, 5.41) is 11.7. The van der Waals surface area contributed by atoms with Gasteiger partial charge in [-0.15, -0.1) is 10.2 Å². The molecule has 16 heavy (non-hydrogen) atoms. The van der Waals surface area contributed by atoms with Crippen molar-refractivity contribution >= 4 is 16.5 Å². The second kappa shape index (κ2) is 5.03. The van der Waals surface area contributed by atoms with Crippen molar-refractivity contribution in [1.82, 2.24) is 10.2 Å². The van der Waals surface area contributed by atoms with Crippen LogP contribution in [-0.4, -0.2) is 10.2 Å². The van der Waals surface area contributed by atoms with Crippen LogP contribution in [0.4, 0.5) is 9.52 Å². The van der Waals surface area contributed by atoms with Crippen LogP contribution in [-0.2, 0) is 0 Å². The Kier molecular flexibility index (Phi) is 3.46. The van der Waals surface area contributed by atoms with Crippen molar-refractivity contribution in [1.29, 1.82) is 0 Å². The van der Waals surface area contributed by atoms with Gasteiger partial charge in [0.25, 0.3) is 0 Å². The van der Waals surface area contributed by atoms with E-state index < -0.39 is 0 Å². The topological polar surface area (TPSA) is 37.8 Å². The van der Waals surface area contributed by atoms with Crippen LogP contribution in [0.15, 0.2) is 29.8 Å². The van der Waals surface area contributed by atoms with Gasteiger partial charge in [-0.1, -0.05) is 30.4 Å². The Balaban J connectivity index is 2.13. The molecular formula is C11H12FN3S. The van der Waals surface area contributed by atoms with Crippen LogP contribution >= 0.6 is 11.3 Å². The predicted molar refractivity (Wildman–Crippen MR) is 63.0 cm³/mol. The lowest BCUT2D eigenvalue weighted by Crippen LogP contribution is -2.09. The molecule has 3 nitrogen and oxygen atoms in total. The van der Waals surface area contributed by atoms with E-state index in [1.54, 1.807) is 17.6 Å². The van der Waals surface area contributed by atoms with Crippen molar-refractivity contribution < 1.29 is 4.39 Å². The molecule has 0 aliphatic carbocycles. The van der Waals surface area contributed by atoms with E-state index in [1.165, 1.54) is 23.5 Å². The van der Waals surface area contributed by atoms with Crippen molar-refractivity contribution in [3.05, 3.63) is 41.2 Å². The molecular weight excluding hydrogens is 225 g/mol. The Morgan fingerprint density at radius 3 is 2.69 bits per heavy atom. The molecule has 1 aromatic carbocycles. The summed E-state index contributed by atoms with van der Waals surface area (Å²) in [6, 6.07) is 6.67.